The van der Waals surface area contributed by atoms with Gasteiger partial charge in [0.25, 0.3) is 0 Å². The van der Waals surface area contributed by atoms with Gasteiger partial charge in [-0.05, 0) is 39.0 Å². The van der Waals surface area contributed by atoms with Crippen molar-refractivity contribution >= 4 is 11.0 Å². The highest BCUT2D eigenvalue weighted by atomic mass is 32.2. The van der Waals surface area contributed by atoms with Crippen LogP contribution in [0.1, 0.15) is 67.2 Å². The second kappa shape index (κ2) is 5.22. The minimum atomic E-state index is -1.13. The van der Waals surface area contributed by atoms with Gasteiger partial charge >= 0.3 is 0 Å². The third-order valence-electron chi connectivity index (χ3n) is 3.98. The SMILES string of the molecule is CC(C)(C)[S@@](=O)N[C@H]1CCCC[C@@]1(O)C(C)(C)C. The summed E-state index contributed by atoms with van der Waals surface area (Å²) in [5.74, 6) is 0. The van der Waals surface area contributed by atoms with Crippen molar-refractivity contribution in [2.45, 2.75) is 83.6 Å². The average molecular weight is 275 g/mol. The largest absolute Gasteiger partial charge is 0.388 e. The van der Waals surface area contributed by atoms with Crippen molar-refractivity contribution < 1.29 is 9.32 Å². The first-order chi connectivity index (χ1) is 7.98. The normalized spacial score (nSPS) is 32.3. The van der Waals surface area contributed by atoms with E-state index in [1.807, 2.05) is 20.8 Å². The summed E-state index contributed by atoms with van der Waals surface area (Å²) >= 11 is 0. The Morgan fingerprint density at radius 3 is 2.17 bits per heavy atom. The van der Waals surface area contributed by atoms with E-state index in [1.54, 1.807) is 0 Å². The zero-order chi connectivity index (χ0) is 14.2. The lowest BCUT2D eigenvalue weighted by atomic mass is 9.66. The maximum atomic E-state index is 12.2. The number of nitrogens with one attached hydrogen (secondary N) is 1. The van der Waals surface area contributed by atoms with Gasteiger partial charge < -0.3 is 5.11 Å². The average Bonchev–Trinajstić information content (AvgIpc) is 2.18. The maximum absolute atomic E-state index is 12.2. The lowest BCUT2D eigenvalue weighted by Crippen LogP contribution is -2.61. The molecular formula is C14H29NO2S. The molecule has 2 N–H and O–H groups in total. The van der Waals surface area contributed by atoms with Crippen LogP contribution in [-0.2, 0) is 11.0 Å². The van der Waals surface area contributed by atoms with Crippen LogP contribution < -0.4 is 4.72 Å². The van der Waals surface area contributed by atoms with Crippen molar-refractivity contribution in [1.29, 1.82) is 0 Å². The van der Waals surface area contributed by atoms with Crippen LogP contribution in [0.15, 0.2) is 0 Å². The molecule has 0 amide bonds. The monoisotopic (exact) mass is 275 g/mol. The Kier molecular flexibility index (Phi) is 4.67. The molecule has 18 heavy (non-hydrogen) atoms. The molecule has 0 heterocycles. The zero-order valence-corrected chi connectivity index (χ0v) is 13.5. The molecule has 1 aliphatic rings. The number of hydrogen-bond donors (Lipinski definition) is 2. The molecule has 3 nitrogen and oxygen atoms in total. The standard InChI is InChI=1S/C14H29NO2S/c1-12(2,3)14(16)10-8-7-9-11(14)15-18(17)13(4,5)6/h11,15-16H,7-10H2,1-6H3/t11-,14-,18+/m0/s1. The molecule has 1 saturated carbocycles. The molecule has 4 heteroatoms. The number of hydrogen-bond acceptors (Lipinski definition) is 2. The quantitative estimate of drug-likeness (QED) is 0.814. The van der Waals surface area contributed by atoms with Crippen molar-refractivity contribution in [3.8, 4) is 0 Å². The van der Waals surface area contributed by atoms with E-state index in [4.69, 9.17) is 0 Å². The number of aliphatic hydroxyl groups is 1. The predicted octanol–water partition coefficient (Wildman–Crippen LogP) is 2.76. The Morgan fingerprint density at radius 2 is 1.72 bits per heavy atom. The fourth-order valence-electron chi connectivity index (χ4n) is 2.52. The van der Waals surface area contributed by atoms with E-state index in [0.717, 1.165) is 25.7 Å². The minimum absolute atomic E-state index is 0.0775. The Bertz CT molecular complexity index is 317. The molecule has 0 spiro atoms. The van der Waals surface area contributed by atoms with Crippen molar-refractivity contribution in [2.75, 3.05) is 0 Å². The fourth-order valence-corrected chi connectivity index (χ4v) is 3.44. The van der Waals surface area contributed by atoms with Gasteiger partial charge in [0, 0.05) is 6.04 Å². The topological polar surface area (TPSA) is 49.3 Å². The first-order valence-electron chi connectivity index (χ1n) is 6.89. The summed E-state index contributed by atoms with van der Waals surface area (Å²) in [5.41, 5.74) is -0.973. The van der Waals surface area contributed by atoms with Crippen LogP contribution in [0.5, 0.6) is 0 Å². The minimum Gasteiger partial charge on any atom is -0.388 e. The van der Waals surface area contributed by atoms with E-state index in [1.165, 1.54) is 0 Å². The molecule has 1 rings (SSSR count). The summed E-state index contributed by atoms with van der Waals surface area (Å²) in [6, 6.07) is -0.0775. The molecule has 0 aromatic rings. The molecule has 3 atom stereocenters. The lowest BCUT2D eigenvalue weighted by molar-refractivity contribution is -0.102. The van der Waals surface area contributed by atoms with E-state index >= 15 is 0 Å². The van der Waals surface area contributed by atoms with Crippen LogP contribution >= 0.6 is 0 Å². The molecule has 1 aliphatic carbocycles. The van der Waals surface area contributed by atoms with Gasteiger partial charge in [-0.25, -0.2) is 8.93 Å². The third kappa shape index (κ3) is 3.34. The molecule has 0 aromatic carbocycles. The fraction of sp³-hybridized carbons (Fsp3) is 1.00. The Balaban J connectivity index is 2.88. The van der Waals surface area contributed by atoms with Gasteiger partial charge in [0.2, 0.25) is 0 Å². The Hall–Kier alpha value is 0.0700. The van der Waals surface area contributed by atoms with Gasteiger partial charge in [-0.3, -0.25) is 0 Å². The first kappa shape index (κ1) is 16.1. The molecule has 0 bridgehead atoms. The summed E-state index contributed by atoms with van der Waals surface area (Å²) in [6.07, 6.45) is 3.83. The molecule has 1 fully saturated rings. The van der Waals surface area contributed by atoms with Crippen molar-refractivity contribution in [3.63, 3.8) is 0 Å². The van der Waals surface area contributed by atoms with Gasteiger partial charge in [-0.1, -0.05) is 33.6 Å². The molecule has 0 aromatic heterocycles. The zero-order valence-electron chi connectivity index (χ0n) is 12.7. The second-order valence-electron chi connectivity index (χ2n) is 7.47. The predicted molar refractivity (Wildman–Crippen MR) is 77.7 cm³/mol. The summed E-state index contributed by atoms with van der Waals surface area (Å²) in [6.45, 7) is 12.0. The Labute approximate surface area is 114 Å². The number of rotatable bonds is 2. The van der Waals surface area contributed by atoms with Gasteiger partial charge in [0.15, 0.2) is 0 Å². The van der Waals surface area contributed by atoms with Crippen molar-refractivity contribution in [3.05, 3.63) is 0 Å². The third-order valence-corrected chi connectivity index (χ3v) is 5.59. The molecule has 0 radical (unpaired) electrons. The highest BCUT2D eigenvalue weighted by molar-refractivity contribution is 7.84. The van der Waals surface area contributed by atoms with E-state index in [9.17, 15) is 9.32 Å². The van der Waals surface area contributed by atoms with E-state index < -0.39 is 16.6 Å². The summed E-state index contributed by atoms with van der Waals surface area (Å²) < 4.78 is 15.1. The van der Waals surface area contributed by atoms with Gasteiger partial charge in [0.1, 0.15) is 0 Å². The van der Waals surface area contributed by atoms with Crippen LogP contribution in [0, 0.1) is 5.41 Å². The molecule has 0 aliphatic heterocycles. The highest BCUT2D eigenvalue weighted by Crippen LogP contribution is 2.42. The molecule has 0 unspecified atom stereocenters. The lowest BCUT2D eigenvalue weighted by Gasteiger charge is -2.49. The molecule has 108 valence electrons. The second-order valence-corrected chi connectivity index (χ2v) is 9.47. The van der Waals surface area contributed by atoms with Crippen molar-refractivity contribution in [2.24, 2.45) is 5.41 Å². The van der Waals surface area contributed by atoms with Gasteiger partial charge in [-0.2, -0.15) is 0 Å². The van der Waals surface area contributed by atoms with Crippen molar-refractivity contribution in [1.82, 2.24) is 4.72 Å². The van der Waals surface area contributed by atoms with Gasteiger partial charge in [-0.15, -0.1) is 0 Å². The summed E-state index contributed by atoms with van der Waals surface area (Å²) in [5, 5.41) is 11.0. The smallest absolute Gasteiger partial charge is 0.0973 e. The van der Waals surface area contributed by atoms with E-state index in [0.29, 0.717) is 0 Å². The Morgan fingerprint density at radius 1 is 1.17 bits per heavy atom. The molecule has 0 saturated heterocycles. The maximum Gasteiger partial charge on any atom is 0.0973 e. The summed E-state index contributed by atoms with van der Waals surface area (Å²) in [7, 11) is -1.13. The van der Waals surface area contributed by atoms with Gasteiger partial charge in [0.05, 0.1) is 21.3 Å². The molecular weight excluding hydrogens is 246 g/mol. The van der Waals surface area contributed by atoms with Crippen LogP contribution in [0.25, 0.3) is 0 Å². The first-order valence-corrected chi connectivity index (χ1v) is 8.04. The van der Waals surface area contributed by atoms with Crippen LogP contribution in [-0.4, -0.2) is 25.7 Å². The summed E-state index contributed by atoms with van der Waals surface area (Å²) in [4.78, 5) is 0. The van der Waals surface area contributed by atoms with E-state index in [2.05, 4.69) is 25.5 Å². The van der Waals surface area contributed by atoms with E-state index in [-0.39, 0.29) is 16.2 Å². The van der Waals surface area contributed by atoms with Crippen LogP contribution in [0.2, 0.25) is 0 Å². The van der Waals surface area contributed by atoms with Crippen LogP contribution in [0.4, 0.5) is 0 Å². The van der Waals surface area contributed by atoms with Crippen LogP contribution in [0.3, 0.4) is 0 Å². The highest BCUT2D eigenvalue weighted by Gasteiger charge is 2.48.